The smallest absolute Gasteiger partial charge is 0.122 e. The van der Waals surface area contributed by atoms with Gasteiger partial charge in [0.25, 0.3) is 0 Å². The van der Waals surface area contributed by atoms with Crippen molar-refractivity contribution < 1.29 is 9.84 Å². The van der Waals surface area contributed by atoms with Crippen molar-refractivity contribution in [2.75, 3.05) is 13.2 Å². The fourth-order valence-corrected chi connectivity index (χ4v) is 2.32. The fourth-order valence-electron chi connectivity index (χ4n) is 2.32. The maximum Gasteiger partial charge on any atom is 0.122 e. The van der Waals surface area contributed by atoms with Gasteiger partial charge in [-0.1, -0.05) is 39.8 Å². The van der Waals surface area contributed by atoms with Crippen molar-refractivity contribution in [3.63, 3.8) is 0 Å². The molecule has 0 heterocycles. The Morgan fingerprint density at radius 2 is 1.95 bits per heavy atom. The van der Waals surface area contributed by atoms with Crippen LogP contribution in [0.1, 0.15) is 58.1 Å². The van der Waals surface area contributed by atoms with Crippen LogP contribution < -0.4 is 10.5 Å². The van der Waals surface area contributed by atoms with Gasteiger partial charge < -0.3 is 15.6 Å². The molecule has 114 valence electrons. The van der Waals surface area contributed by atoms with Gasteiger partial charge in [0.2, 0.25) is 0 Å². The Bertz CT molecular complexity index is 423. The lowest BCUT2D eigenvalue weighted by Crippen LogP contribution is -2.22. The third-order valence-electron chi connectivity index (χ3n) is 3.60. The molecule has 0 amide bonds. The van der Waals surface area contributed by atoms with Crippen molar-refractivity contribution in [1.82, 2.24) is 0 Å². The van der Waals surface area contributed by atoms with E-state index in [9.17, 15) is 5.11 Å². The van der Waals surface area contributed by atoms with Crippen LogP contribution in [0.2, 0.25) is 0 Å². The van der Waals surface area contributed by atoms with Crippen LogP contribution in [-0.2, 0) is 5.41 Å². The van der Waals surface area contributed by atoms with Gasteiger partial charge in [-0.2, -0.15) is 0 Å². The number of rotatable bonds is 6. The van der Waals surface area contributed by atoms with Gasteiger partial charge in [0.15, 0.2) is 0 Å². The van der Waals surface area contributed by atoms with E-state index in [0.29, 0.717) is 19.6 Å². The first kappa shape index (κ1) is 17.0. The normalized spacial score (nSPS) is 14.9. The third kappa shape index (κ3) is 4.50. The zero-order valence-corrected chi connectivity index (χ0v) is 13.4. The minimum Gasteiger partial charge on any atom is -0.494 e. The zero-order valence-electron chi connectivity index (χ0n) is 13.4. The maximum absolute atomic E-state index is 9.77. The van der Waals surface area contributed by atoms with Crippen LogP contribution >= 0.6 is 0 Å². The van der Waals surface area contributed by atoms with Crippen molar-refractivity contribution in [3.8, 4) is 5.75 Å². The summed E-state index contributed by atoms with van der Waals surface area (Å²) < 4.78 is 5.73. The summed E-state index contributed by atoms with van der Waals surface area (Å²) in [6.45, 7) is 11.6. The van der Waals surface area contributed by atoms with Gasteiger partial charge >= 0.3 is 0 Å². The first-order valence-corrected chi connectivity index (χ1v) is 7.45. The first-order chi connectivity index (χ1) is 9.29. The number of nitrogens with two attached hydrogens (primary N) is 1. The average molecular weight is 279 g/mol. The summed E-state index contributed by atoms with van der Waals surface area (Å²) in [5.74, 6) is 1.13. The van der Waals surface area contributed by atoms with Crippen LogP contribution in [0, 0.1) is 0 Å². The van der Waals surface area contributed by atoms with E-state index in [0.717, 1.165) is 11.3 Å². The van der Waals surface area contributed by atoms with E-state index in [2.05, 4.69) is 39.8 Å². The summed E-state index contributed by atoms with van der Waals surface area (Å²) in [7, 11) is 0. The number of aliphatic hydroxyl groups excluding tert-OH is 1. The monoisotopic (exact) mass is 279 g/mol. The lowest BCUT2D eigenvalue weighted by Gasteiger charge is -2.24. The predicted molar refractivity (Wildman–Crippen MR) is 84.4 cm³/mol. The molecule has 0 saturated heterocycles. The lowest BCUT2D eigenvalue weighted by molar-refractivity contribution is 0.164. The van der Waals surface area contributed by atoms with Gasteiger partial charge in [0.1, 0.15) is 5.75 Å². The number of ether oxygens (including phenoxy) is 1. The number of aliphatic hydroxyl groups is 1. The van der Waals surface area contributed by atoms with Crippen LogP contribution in [0.5, 0.6) is 5.75 Å². The number of benzene rings is 1. The van der Waals surface area contributed by atoms with Crippen LogP contribution in [-0.4, -0.2) is 24.4 Å². The van der Waals surface area contributed by atoms with E-state index >= 15 is 0 Å². The molecule has 2 unspecified atom stereocenters. The minimum atomic E-state index is -0.460. The van der Waals surface area contributed by atoms with Crippen LogP contribution in [0.4, 0.5) is 0 Å². The molecule has 3 heteroatoms. The van der Waals surface area contributed by atoms with Crippen molar-refractivity contribution >= 4 is 0 Å². The molecule has 0 aliphatic rings. The number of hydrogen-bond acceptors (Lipinski definition) is 3. The molecule has 1 aromatic carbocycles. The molecule has 0 saturated carbocycles. The van der Waals surface area contributed by atoms with E-state index < -0.39 is 6.10 Å². The Labute approximate surface area is 123 Å². The van der Waals surface area contributed by atoms with Crippen molar-refractivity contribution in [3.05, 3.63) is 29.3 Å². The Kier molecular flexibility index (Phi) is 6.03. The zero-order chi connectivity index (χ0) is 15.3. The van der Waals surface area contributed by atoms with Gasteiger partial charge in [0, 0.05) is 6.54 Å². The minimum absolute atomic E-state index is 0.103. The molecule has 3 nitrogen and oxygen atoms in total. The molecule has 1 aromatic rings. The highest BCUT2D eigenvalue weighted by molar-refractivity contribution is 5.41. The molecule has 0 aliphatic carbocycles. The van der Waals surface area contributed by atoms with E-state index in [-0.39, 0.29) is 11.3 Å². The molecule has 3 N–H and O–H groups in total. The summed E-state index contributed by atoms with van der Waals surface area (Å²) in [5, 5.41) is 9.77. The third-order valence-corrected chi connectivity index (χ3v) is 3.60. The van der Waals surface area contributed by atoms with Crippen LogP contribution in [0.15, 0.2) is 18.2 Å². The highest BCUT2D eigenvalue weighted by atomic mass is 16.5. The van der Waals surface area contributed by atoms with Gasteiger partial charge in [-0.15, -0.1) is 0 Å². The molecule has 0 aliphatic heterocycles. The Hall–Kier alpha value is -1.06. The second-order valence-corrected chi connectivity index (χ2v) is 6.46. The largest absolute Gasteiger partial charge is 0.494 e. The lowest BCUT2D eigenvalue weighted by atomic mass is 9.83. The Balaban J connectivity index is 3.11. The molecule has 0 aromatic heterocycles. The Morgan fingerprint density at radius 3 is 2.45 bits per heavy atom. The van der Waals surface area contributed by atoms with Crippen molar-refractivity contribution in [2.24, 2.45) is 5.73 Å². The summed E-state index contributed by atoms with van der Waals surface area (Å²) in [5.41, 5.74) is 8.06. The van der Waals surface area contributed by atoms with Crippen molar-refractivity contribution in [2.45, 2.75) is 58.5 Å². The van der Waals surface area contributed by atoms with Gasteiger partial charge in [0.05, 0.1) is 12.7 Å². The number of hydrogen-bond donors (Lipinski definition) is 2. The molecule has 20 heavy (non-hydrogen) atoms. The highest BCUT2D eigenvalue weighted by Gasteiger charge is 2.20. The summed E-state index contributed by atoms with van der Waals surface area (Å²) in [6, 6.07) is 6.38. The SMILES string of the molecule is CCOc1ccc(C(C)(C)C)cc1C(C)CC(O)CN. The van der Waals surface area contributed by atoms with Crippen LogP contribution in [0.25, 0.3) is 0 Å². The molecular formula is C17H29NO2. The van der Waals surface area contributed by atoms with Gasteiger partial charge in [-0.05, 0) is 41.9 Å². The molecule has 1 rings (SSSR count). The molecule has 0 spiro atoms. The summed E-state index contributed by atoms with van der Waals surface area (Å²) in [6.07, 6.45) is 0.197. The fraction of sp³-hybridized carbons (Fsp3) is 0.647. The molecule has 0 radical (unpaired) electrons. The second kappa shape index (κ2) is 7.09. The van der Waals surface area contributed by atoms with E-state index in [1.807, 2.05) is 13.0 Å². The highest BCUT2D eigenvalue weighted by Crippen LogP contribution is 2.34. The average Bonchev–Trinajstić information content (AvgIpc) is 2.37. The van der Waals surface area contributed by atoms with E-state index in [1.165, 1.54) is 5.56 Å². The second-order valence-electron chi connectivity index (χ2n) is 6.46. The van der Waals surface area contributed by atoms with Crippen LogP contribution in [0.3, 0.4) is 0 Å². The molecular weight excluding hydrogens is 250 g/mol. The van der Waals surface area contributed by atoms with Crippen molar-refractivity contribution in [1.29, 1.82) is 0 Å². The molecule has 0 bridgehead atoms. The molecule has 2 atom stereocenters. The Morgan fingerprint density at radius 1 is 1.30 bits per heavy atom. The quantitative estimate of drug-likeness (QED) is 0.841. The predicted octanol–water partition coefficient (Wildman–Crippen LogP) is 3.20. The first-order valence-electron chi connectivity index (χ1n) is 7.45. The van der Waals surface area contributed by atoms with E-state index in [4.69, 9.17) is 10.5 Å². The standard InChI is InChI=1S/C17H29NO2/c1-6-20-16-8-7-13(17(3,4)5)10-15(16)12(2)9-14(19)11-18/h7-8,10,12,14,19H,6,9,11,18H2,1-5H3. The summed E-state index contributed by atoms with van der Waals surface area (Å²) in [4.78, 5) is 0. The maximum atomic E-state index is 9.77. The van der Waals surface area contributed by atoms with Gasteiger partial charge in [-0.25, -0.2) is 0 Å². The van der Waals surface area contributed by atoms with E-state index in [1.54, 1.807) is 0 Å². The van der Waals surface area contributed by atoms with Gasteiger partial charge in [-0.3, -0.25) is 0 Å². The topological polar surface area (TPSA) is 55.5 Å². The summed E-state index contributed by atoms with van der Waals surface area (Å²) >= 11 is 0. The molecule has 0 fully saturated rings.